The summed E-state index contributed by atoms with van der Waals surface area (Å²) in [6.45, 7) is 3.25. The van der Waals surface area contributed by atoms with Crippen molar-refractivity contribution in [3.63, 3.8) is 0 Å². The lowest BCUT2D eigenvalue weighted by Crippen LogP contribution is -2.30. The van der Waals surface area contributed by atoms with Crippen LogP contribution in [0.5, 0.6) is 0 Å². The van der Waals surface area contributed by atoms with Gasteiger partial charge in [-0.3, -0.25) is 14.2 Å². The van der Waals surface area contributed by atoms with E-state index in [9.17, 15) is 9.59 Å². The summed E-state index contributed by atoms with van der Waals surface area (Å²) in [7, 11) is 0. The molecule has 10 nitrogen and oxygen atoms in total. The van der Waals surface area contributed by atoms with E-state index in [4.69, 9.17) is 4.52 Å². The van der Waals surface area contributed by atoms with Crippen LogP contribution in [-0.2, 0) is 17.9 Å². The van der Waals surface area contributed by atoms with Crippen molar-refractivity contribution in [1.82, 2.24) is 34.6 Å². The smallest absolute Gasteiger partial charge is 0.266 e. The molecule has 0 saturated carbocycles. The van der Waals surface area contributed by atoms with Crippen molar-refractivity contribution in [2.75, 3.05) is 6.54 Å². The van der Waals surface area contributed by atoms with Crippen LogP contribution < -0.4 is 10.9 Å². The van der Waals surface area contributed by atoms with Crippen LogP contribution in [0.2, 0.25) is 0 Å². The van der Waals surface area contributed by atoms with E-state index in [1.54, 1.807) is 19.4 Å². The standard InChI is InChI=1S/C22H23N7O3/c1-16-25-14-18(21-26-20(27-32-21)17-6-3-2-4-7-17)22(31)29(16)12-8-19(30)24-9-5-11-28-13-10-23-15-28/h2-4,6-7,10,13-15H,5,8-9,11-12H2,1H3,(H,24,30). The predicted octanol–water partition coefficient (Wildman–Crippen LogP) is 2.06. The summed E-state index contributed by atoms with van der Waals surface area (Å²) in [6.07, 6.45) is 7.71. The normalized spacial score (nSPS) is 10.9. The van der Waals surface area contributed by atoms with Gasteiger partial charge < -0.3 is 14.4 Å². The molecule has 1 N–H and O–H groups in total. The van der Waals surface area contributed by atoms with Crippen molar-refractivity contribution in [2.45, 2.75) is 32.9 Å². The Hall–Kier alpha value is -4.08. The number of nitrogens with one attached hydrogen (secondary N) is 1. The topological polar surface area (TPSA) is 121 Å². The third-order valence-corrected chi connectivity index (χ3v) is 4.97. The fourth-order valence-corrected chi connectivity index (χ4v) is 3.23. The van der Waals surface area contributed by atoms with Crippen LogP contribution in [-0.4, -0.2) is 41.7 Å². The summed E-state index contributed by atoms with van der Waals surface area (Å²) in [5, 5.41) is 6.83. The molecule has 164 valence electrons. The highest BCUT2D eigenvalue weighted by Gasteiger charge is 2.17. The van der Waals surface area contributed by atoms with E-state index < -0.39 is 0 Å². The first-order valence-corrected chi connectivity index (χ1v) is 10.3. The number of rotatable bonds is 9. The average molecular weight is 433 g/mol. The Morgan fingerprint density at radius 2 is 2.03 bits per heavy atom. The summed E-state index contributed by atoms with van der Waals surface area (Å²) in [5.41, 5.74) is 0.660. The first-order chi connectivity index (χ1) is 15.6. The molecule has 0 radical (unpaired) electrons. The van der Waals surface area contributed by atoms with Crippen LogP contribution >= 0.6 is 0 Å². The Labute approximate surface area is 184 Å². The molecule has 4 aromatic rings. The number of nitrogens with zero attached hydrogens (tertiary/aromatic N) is 6. The Balaban J connectivity index is 1.38. The van der Waals surface area contributed by atoms with Gasteiger partial charge in [-0.15, -0.1) is 0 Å². The zero-order valence-electron chi connectivity index (χ0n) is 17.6. The molecule has 0 atom stereocenters. The molecule has 32 heavy (non-hydrogen) atoms. The van der Waals surface area contributed by atoms with E-state index in [1.165, 1.54) is 10.8 Å². The maximum absolute atomic E-state index is 13.0. The van der Waals surface area contributed by atoms with Gasteiger partial charge in [-0.2, -0.15) is 4.98 Å². The van der Waals surface area contributed by atoms with Crippen molar-refractivity contribution in [1.29, 1.82) is 0 Å². The highest BCUT2D eigenvalue weighted by Crippen LogP contribution is 2.19. The largest absolute Gasteiger partial charge is 0.356 e. The number of amides is 1. The molecule has 0 fully saturated rings. The van der Waals surface area contributed by atoms with E-state index in [-0.39, 0.29) is 35.9 Å². The van der Waals surface area contributed by atoms with Gasteiger partial charge in [-0.1, -0.05) is 35.5 Å². The highest BCUT2D eigenvalue weighted by atomic mass is 16.5. The van der Waals surface area contributed by atoms with Crippen LogP contribution in [0, 0.1) is 6.92 Å². The van der Waals surface area contributed by atoms with Gasteiger partial charge in [0.05, 0.1) is 6.33 Å². The van der Waals surface area contributed by atoms with Gasteiger partial charge in [0.15, 0.2) is 0 Å². The summed E-state index contributed by atoms with van der Waals surface area (Å²) in [4.78, 5) is 37.8. The molecule has 0 aliphatic rings. The second kappa shape index (κ2) is 9.82. The van der Waals surface area contributed by atoms with E-state index in [0.29, 0.717) is 18.2 Å². The minimum Gasteiger partial charge on any atom is -0.356 e. The lowest BCUT2D eigenvalue weighted by Gasteiger charge is -2.10. The Morgan fingerprint density at radius 3 is 2.81 bits per heavy atom. The molecule has 3 aromatic heterocycles. The van der Waals surface area contributed by atoms with Gasteiger partial charge in [-0.05, 0) is 13.3 Å². The van der Waals surface area contributed by atoms with Gasteiger partial charge in [0, 0.05) is 50.2 Å². The van der Waals surface area contributed by atoms with Crippen molar-refractivity contribution < 1.29 is 9.32 Å². The minimum absolute atomic E-state index is 0.0963. The van der Waals surface area contributed by atoms with Crippen LogP contribution in [0.1, 0.15) is 18.7 Å². The molecule has 0 unspecified atom stereocenters. The second-order valence-corrected chi connectivity index (χ2v) is 7.22. The van der Waals surface area contributed by atoms with Gasteiger partial charge >= 0.3 is 0 Å². The molecule has 0 bridgehead atoms. The number of aryl methyl sites for hydroxylation is 2. The van der Waals surface area contributed by atoms with Gasteiger partial charge in [0.2, 0.25) is 11.7 Å². The van der Waals surface area contributed by atoms with Crippen LogP contribution in [0.25, 0.3) is 22.8 Å². The molecular formula is C22H23N7O3. The number of carbonyl (C=O) groups excluding carboxylic acids is 1. The average Bonchev–Trinajstić information content (AvgIpc) is 3.50. The van der Waals surface area contributed by atoms with Crippen LogP contribution in [0.15, 0.2) is 64.6 Å². The maximum Gasteiger partial charge on any atom is 0.266 e. The predicted molar refractivity (Wildman–Crippen MR) is 116 cm³/mol. The first-order valence-electron chi connectivity index (χ1n) is 10.3. The Bertz CT molecular complexity index is 1230. The number of hydrogen-bond donors (Lipinski definition) is 1. The van der Waals surface area contributed by atoms with Crippen molar-refractivity contribution in [2.24, 2.45) is 0 Å². The summed E-state index contributed by atoms with van der Waals surface area (Å²) >= 11 is 0. The SMILES string of the molecule is Cc1ncc(-c2nc(-c3ccccc3)no2)c(=O)n1CCC(=O)NCCCn1ccnc1. The lowest BCUT2D eigenvalue weighted by atomic mass is 10.2. The first kappa shape index (κ1) is 21.2. The zero-order chi connectivity index (χ0) is 22.3. The molecule has 0 aliphatic carbocycles. The van der Waals surface area contributed by atoms with Crippen LogP contribution in [0.3, 0.4) is 0 Å². The molecule has 1 amide bonds. The third kappa shape index (κ3) is 4.97. The van der Waals surface area contributed by atoms with Crippen LogP contribution in [0.4, 0.5) is 0 Å². The second-order valence-electron chi connectivity index (χ2n) is 7.22. The van der Waals surface area contributed by atoms with Gasteiger partial charge in [0.1, 0.15) is 11.4 Å². The van der Waals surface area contributed by atoms with E-state index in [1.807, 2.05) is 41.1 Å². The Kier molecular flexibility index (Phi) is 6.49. The summed E-state index contributed by atoms with van der Waals surface area (Å²) in [6, 6.07) is 9.34. The number of benzene rings is 1. The van der Waals surface area contributed by atoms with E-state index >= 15 is 0 Å². The summed E-state index contributed by atoms with van der Waals surface area (Å²) in [5.74, 6) is 0.868. The van der Waals surface area contributed by atoms with Crippen molar-refractivity contribution in [3.05, 3.63) is 71.4 Å². The monoisotopic (exact) mass is 433 g/mol. The molecule has 0 saturated heterocycles. The lowest BCUT2D eigenvalue weighted by molar-refractivity contribution is -0.121. The molecule has 4 rings (SSSR count). The molecule has 1 aromatic carbocycles. The van der Waals surface area contributed by atoms with E-state index in [2.05, 4.69) is 25.4 Å². The molecule has 0 aliphatic heterocycles. The zero-order valence-corrected chi connectivity index (χ0v) is 17.6. The fourth-order valence-electron chi connectivity index (χ4n) is 3.23. The molecular weight excluding hydrogens is 410 g/mol. The number of carbonyl (C=O) groups is 1. The number of aromatic nitrogens is 6. The van der Waals surface area contributed by atoms with Gasteiger partial charge in [0.25, 0.3) is 11.4 Å². The molecule has 10 heteroatoms. The maximum atomic E-state index is 13.0. The highest BCUT2D eigenvalue weighted by molar-refractivity contribution is 5.75. The summed E-state index contributed by atoms with van der Waals surface area (Å²) < 4.78 is 8.70. The number of imidazole rings is 1. The number of hydrogen-bond acceptors (Lipinski definition) is 7. The third-order valence-electron chi connectivity index (χ3n) is 4.97. The molecule has 0 spiro atoms. The van der Waals surface area contributed by atoms with Crippen molar-refractivity contribution >= 4 is 5.91 Å². The van der Waals surface area contributed by atoms with Crippen molar-refractivity contribution in [3.8, 4) is 22.8 Å². The molecule has 3 heterocycles. The fraction of sp³-hybridized carbons (Fsp3) is 0.273. The minimum atomic E-state index is -0.325. The Morgan fingerprint density at radius 1 is 1.19 bits per heavy atom. The van der Waals surface area contributed by atoms with E-state index in [0.717, 1.165) is 18.5 Å². The quantitative estimate of drug-likeness (QED) is 0.401. The van der Waals surface area contributed by atoms with Gasteiger partial charge in [-0.25, -0.2) is 9.97 Å².